The Balaban J connectivity index is 1.80. The predicted octanol–water partition coefficient (Wildman–Crippen LogP) is 4.35. The Morgan fingerprint density at radius 2 is 1.90 bits per heavy atom. The van der Waals surface area contributed by atoms with Crippen LogP contribution in [0.4, 0.5) is 5.95 Å². The lowest BCUT2D eigenvalue weighted by Gasteiger charge is -2.04. The molecule has 0 bridgehead atoms. The molecular formula is C15H10Cl2N4. The van der Waals surface area contributed by atoms with Gasteiger partial charge in [0, 0.05) is 16.6 Å². The molecule has 0 aliphatic rings. The molecule has 6 heteroatoms. The topological polar surface area (TPSA) is 64.5 Å². The molecule has 3 rings (SSSR count). The van der Waals surface area contributed by atoms with Crippen molar-refractivity contribution in [1.82, 2.24) is 9.97 Å². The molecule has 0 atom stereocenters. The number of anilines is 1. The summed E-state index contributed by atoms with van der Waals surface area (Å²) in [6, 6.07) is 12.8. The third-order valence-electron chi connectivity index (χ3n) is 2.99. The van der Waals surface area contributed by atoms with Crippen molar-refractivity contribution in [1.29, 1.82) is 5.26 Å². The van der Waals surface area contributed by atoms with Gasteiger partial charge in [0.1, 0.15) is 0 Å². The van der Waals surface area contributed by atoms with Crippen LogP contribution in [0.2, 0.25) is 10.0 Å². The smallest absolute Gasteiger partial charge is 0.201 e. The minimum absolute atomic E-state index is 0.547. The minimum atomic E-state index is 0.547. The van der Waals surface area contributed by atoms with Crippen LogP contribution in [0.15, 0.2) is 36.4 Å². The lowest BCUT2D eigenvalue weighted by atomic mass is 10.2. The van der Waals surface area contributed by atoms with Crippen molar-refractivity contribution in [3.05, 3.63) is 57.6 Å². The van der Waals surface area contributed by atoms with Crippen molar-refractivity contribution in [3.63, 3.8) is 0 Å². The van der Waals surface area contributed by atoms with E-state index in [2.05, 4.69) is 21.4 Å². The Morgan fingerprint density at radius 3 is 2.62 bits per heavy atom. The summed E-state index contributed by atoms with van der Waals surface area (Å²) in [5.41, 5.74) is 3.19. The molecule has 1 aromatic heterocycles. The highest BCUT2D eigenvalue weighted by molar-refractivity contribution is 6.34. The van der Waals surface area contributed by atoms with Gasteiger partial charge in [-0.3, -0.25) is 0 Å². The Hall–Kier alpha value is -2.22. The summed E-state index contributed by atoms with van der Waals surface area (Å²) in [7, 11) is 0. The molecule has 0 fully saturated rings. The van der Waals surface area contributed by atoms with Crippen LogP contribution in [0.25, 0.3) is 11.0 Å². The molecule has 0 amide bonds. The van der Waals surface area contributed by atoms with Crippen LogP contribution < -0.4 is 5.32 Å². The van der Waals surface area contributed by atoms with Crippen LogP contribution in [-0.4, -0.2) is 9.97 Å². The van der Waals surface area contributed by atoms with E-state index in [4.69, 9.17) is 28.5 Å². The predicted molar refractivity (Wildman–Crippen MR) is 84.6 cm³/mol. The molecule has 21 heavy (non-hydrogen) atoms. The highest BCUT2D eigenvalue weighted by Gasteiger charge is 2.04. The number of imidazole rings is 1. The van der Waals surface area contributed by atoms with Gasteiger partial charge in [0.25, 0.3) is 0 Å². The second kappa shape index (κ2) is 5.65. The maximum absolute atomic E-state index is 8.88. The number of aromatic nitrogens is 2. The van der Waals surface area contributed by atoms with E-state index in [-0.39, 0.29) is 0 Å². The fourth-order valence-electron chi connectivity index (χ4n) is 2.06. The summed E-state index contributed by atoms with van der Waals surface area (Å²) in [6.45, 7) is 0.547. The minimum Gasteiger partial charge on any atom is -0.352 e. The lowest BCUT2D eigenvalue weighted by molar-refractivity contribution is 1.10. The van der Waals surface area contributed by atoms with Crippen LogP contribution in [0.5, 0.6) is 0 Å². The first-order chi connectivity index (χ1) is 10.1. The first kappa shape index (κ1) is 13.7. The van der Waals surface area contributed by atoms with Gasteiger partial charge in [-0.1, -0.05) is 23.2 Å². The first-order valence-electron chi connectivity index (χ1n) is 6.23. The van der Waals surface area contributed by atoms with Crippen molar-refractivity contribution < 1.29 is 0 Å². The Bertz CT molecular complexity index is 828. The average Bonchev–Trinajstić information content (AvgIpc) is 2.85. The molecule has 2 aromatic carbocycles. The summed E-state index contributed by atoms with van der Waals surface area (Å²) >= 11 is 11.9. The number of aromatic amines is 1. The quantitative estimate of drug-likeness (QED) is 0.754. The van der Waals surface area contributed by atoms with Crippen molar-refractivity contribution in [3.8, 4) is 6.07 Å². The lowest BCUT2D eigenvalue weighted by Crippen LogP contribution is -2.00. The SMILES string of the molecule is N#Cc1ccc2nc(NCc3cc(Cl)cc(Cl)c3)[nH]c2c1. The number of nitrogens with one attached hydrogen (secondary N) is 2. The van der Waals surface area contributed by atoms with E-state index in [1.54, 1.807) is 18.2 Å². The molecule has 0 saturated heterocycles. The monoisotopic (exact) mass is 316 g/mol. The van der Waals surface area contributed by atoms with Gasteiger partial charge >= 0.3 is 0 Å². The number of rotatable bonds is 3. The number of hydrogen-bond acceptors (Lipinski definition) is 3. The van der Waals surface area contributed by atoms with Crippen LogP contribution in [0.3, 0.4) is 0 Å². The molecule has 0 saturated carbocycles. The molecule has 0 aliphatic carbocycles. The number of hydrogen-bond donors (Lipinski definition) is 2. The number of fused-ring (bicyclic) bond motifs is 1. The first-order valence-corrected chi connectivity index (χ1v) is 6.98. The van der Waals surface area contributed by atoms with Gasteiger partial charge in [0.05, 0.1) is 22.7 Å². The highest BCUT2D eigenvalue weighted by atomic mass is 35.5. The van der Waals surface area contributed by atoms with E-state index >= 15 is 0 Å². The van der Waals surface area contributed by atoms with Crippen LogP contribution >= 0.6 is 23.2 Å². The van der Waals surface area contributed by atoms with E-state index in [1.165, 1.54) is 0 Å². The fraction of sp³-hybridized carbons (Fsp3) is 0.0667. The highest BCUT2D eigenvalue weighted by Crippen LogP contribution is 2.20. The Morgan fingerprint density at radius 1 is 1.14 bits per heavy atom. The third-order valence-corrected chi connectivity index (χ3v) is 3.43. The number of nitriles is 1. The summed E-state index contributed by atoms with van der Waals surface area (Å²) in [5, 5.41) is 13.3. The second-order valence-corrected chi connectivity index (χ2v) is 5.43. The maximum atomic E-state index is 8.88. The zero-order valence-electron chi connectivity index (χ0n) is 10.8. The second-order valence-electron chi connectivity index (χ2n) is 4.56. The summed E-state index contributed by atoms with van der Waals surface area (Å²) < 4.78 is 0. The summed E-state index contributed by atoms with van der Waals surface area (Å²) in [5.74, 6) is 0.635. The van der Waals surface area contributed by atoms with Gasteiger partial charge in [-0.25, -0.2) is 4.98 Å². The molecule has 0 spiro atoms. The summed E-state index contributed by atoms with van der Waals surface area (Å²) in [6.07, 6.45) is 0. The van der Waals surface area contributed by atoms with Crippen molar-refractivity contribution in [2.45, 2.75) is 6.54 Å². The van der Waals surface area contributed by atoms with Gasteiger partial charge < -0.3 is 10.3 Å². The van der Waals surface area contributed by atoms with Gasteiger partial charge in [-0.2, -0.15) is 5.26 Å². The normalized spacial score (nSPS) is 10.5. The standard InChI is InChI=1S/C15H10Cl2N4/c16-11-3-10(4-12(17)6-11)8-19-15-20-13-2-1-9(7-18)5-14(13)21-15/h1-6H,8H2,(H2,19,20,21). The van der Waals surface area contributed by atoms with Crippen molar-refractivity contribution >= 4 is 40.2 Å². The van der Waals surface area contributed by atoms with Gasteiger partial charge in [-0.15, -0.1) is 0 Å². The molecule has 0 aliphatic heterocycles. The van der Waals surface area contributed by atoms with E-state index in [9.17, 15) is 0 Å². The molecule has 4 nitrogen and oxygen atoms in total. The Kier molecular flexibility index (Phi) is 3.70. The average molecular weight is 317 g/mol. The molecule has 2 N–H and O–H groups in total. The van der Waals surface area contributed by atoms with Crippen molar-refractivity contribution in [2.75, 3.05) is 5.32 Å². The van der Waals surface area contributed by atoms with Gasteiger partial charge in [-0.05, 0) is 42.0 Å². The van der Waals surface area contributed by atoms with Gasteiger partial charge in [0.2, 0.25) is 5.95 Å². The van der Waals surface area contributed by atoms with E-state index in [0.717, 1.165) is 16.6 Å². The largest absolute Gasteiger partial charge is 0.352 e. The molecule has 0 radical (unpaired) electrons. The third kappa shape index (κ3) is 3.10. The Labute approximate surface area is 131 Å². The van der Waals surface area contributed by atoms with Crippen LogP contribution in [-0.2, 0) is 6.54 Å². The van der Waals surface area contributed by atoms with E-state index < -0.39 is 0 Å². The number of halogens is 2. The molecular weight excluding hydrogens is 307 g/mol. The number of nitrogens with zero attached hydrogens (tertiary/aromatic N) is 2. The zero-order chi connectivity index (χ0) is 14.8. The van der Waals surface area contributed by atoms with E-state index in [1.807, 2.05) is 18.2 Å². The van der Waals surface area contributed by atoms with Gasteiger partial charge in [0.15, 0.2) is 0 Å². The maximum Gasteiger partial charge on any atom is 0.201 e. The van der Waals surface area contributed by atoms with Crippen LogP contribution in [0, 0.1) is 11.3 Å². The van der Waals surface area contributed by atoms with Crippen LogP contribution in [0.1, 0.15) is 11.1 Å². The molecule has 3 aromatic rings. The number of H-pyrrole nitrogens is 1. The molecule has 1 heterocycles. The molecule has 104 valence electrons. The zero-order valence-corrected chi connectivity index (χ0v) is 12.3. The molecule has 0 unspecified atom stereocenters. The number of benzene rings is 2. The summed E-state index contributed by atoms with van der Waals surface area (Å²) in [4.78, 5) is 7.54. The van der Waals surface area contributed by atoms with Crippen molar-refractivity contribution in [2.24, 2.45) is 0 Å². The fourth-order valence-corrected chi connectivity index (χ4v) is 2.63. The van der Waals surface area contributed by atoms with E-state index in [0.29, 0.717) is 28.1 Å².